The maximum absolute atomic E-state index is 12.5. The lowest BCUT2D eigenvalue weighted by Crippen LogP contribution is -2.61. The van der Waals surface area contributed by atoms with E-state index < -0.39 is 5.60 Å². The lowest BCUT2D eigenvalue weighted by atomic mass is 10.0. The molecule has 3 fully saturated rings. The first-order valence-corrected chi connectivity index (χ1v) is 8.91. The number of morpholine rings is 1. The molecule has 2 aliphatic heterocycles. The van der Waals surface area contributed by atoms with Crippen molar-refractivity contribution in [3.05, 3.63) is 29.8 Å². The van der Waals surface area contributed by atoms with E-state index in [9.17, 15) is 9.59 Å². The number of amides is 2. The minimum atomic E-state index is -0.738. The van der Waals surface area contributed by atoms with E-state index in [1.54, 1.807) is 23.1 Å². The van der Waals surface area contributed by atoms with Crippen LogP contribution in [0.2, 0.25) is 0 Å². The third kappa shape index (κ3) is 3.30. The third-order valence-corrected chi connectivity index (χ3v) is 5.12. The molecule has 1 saturated carbocycles. The molecule has 1 atom stereocenters. The Labute approximate surface area is 152 Å². The van der Waals surface area contributed by atoms with Gasteiger partial charge in [-0.1, -0.05) is 6.07 Å². The van der Waals surface area contributed by atoms with Crippen molar-refractivity contribution in [3.63, 3.8) is 0 Å². The number of hydrogen-bond donors (Lipinski definition) is 0. The van der Waals surface area contributed by atoms with E-state index in [1.165, 1.54) is 0 Å². The van der Waals surface area contributed by atoms with Crippen LogP contribution in [0.4, 0.5) is 5.69 Å². The lowest BCUT2D eigenvalue weighted by Gasteiger charge is -2.43. The van der Waals surface area contributed by atoms with Crippen molar-refractivity contribution < 1.29 is 19.1 Å². The normalized spacial score (nSPS) is 26.5. The van der Waals surface area contributed by atoms with Gasteiger partial charge in [0, 0.05) is 18.2 Å². The van der Waals surface area contributed by atoms with Gasteiger partial charge in [0.05, 0.1) is 37.9 Å². The molecule has 2 amide bonds. The van der Waals surface area contributed by atoms with Crippen LogP contribution in [0.25, 0.3) is 0 Å². The second kappa shape index (κ2) is 6.71. The summed E-state index contributed by atoms with van der Waals surface area (Å²) in [6.45, 7) is 2.02. The van der Waals surface area contributed by atoms with Crippen molar-refractivity contribution in [2.24, 2.45) is 5.92 Å². The van der Waals surface area contributed by atoms with E-state index in [1.807, 2.05) is 11.0 Å². The number of nitriles is 1. The largest absolute Gasteiger partial charge is 0.376 e. The molecule has 3 aliphatic rings. The van der Waals surface area contributed by atoms with Crippen molar-refractivity contribution in [1.82, 2.24) is 4.90 Å². The summed E-state index contributed by atoms with van der Waals surface area (Å²) >= 11 is 0. The standard InChI is InChI=1S/C19H21N3O4/c20-9-14-2-1-3-16(8-14)22-12-19(26-10-17(22)23)11-21(6-7-25-13-19)18(24)15-4-5-15/h1-3,8,15H,4-7,10-13H2/t19-/m0/s1. The topological polar surface area (TPSA) is 82.9 Å². The van der Waals surface area contributed by atoms with E-state index in [2.05, 4.69) is 6.07 Å². The number of nitrogens with zero attached hydrogens (tertiary/aromatic N) is 3. The van der Waals surface area contributed by atoms with E-state index in [-0.39, 0.29) is 24.3 Å². The lowest BCUT2D eigenvalue weighted by molar-refractivity contribution is -0.150. The predicted octanol–water partition coefficient (Wildman–Crippen LogP) is 0.929. The average Bonchev–Trinajstić information content (AvgIpc) is 3.51. The molecular formula is C19H21N3O4. The van der Waals surface area contributed by atoms with Gasteiger partial charge in [-0.15, -0.1) is 0 Å². The number of anilines is 1. The molecule has 136 valence electrons. The fraction of sp³-hybridized carbons (Fsp3) is 0.526. The quantitative estimate of drug-likeness (QED) is 0.788. The van der Waals surface area contributed by atoms with E-state index in [0.717, 1.165) is 12.8 Å². The molecule has 1 aromatic rings. The van der Waals surface area contributed by atoms with Gasteiger partial charge in [-0.05, 0) is 31.0 Å². The maximum Gasteiger partial charge on any atom is 0.253 e. The molecule has 2 heterocycles. The third-order valence-electron chi connectivity index (χ3n) is 5.12. The molecule has 0 aromatic heterocycles. The van der Waals surface area contributed by atoms with Crippen molar-refractivity contribution in [3.8, 4) is 6.07 Å². The molecule has 1 aromatic carbocycles. The van der Waals surface area contributed by atoms with Crippen LogP contribution in [0.5, 0.6) is 0 Å². The molecule has 26 heavy (non-hydrogen) atoms. The van der Waals surface area contributed by atoms with Gasteiger partial charge in [0.25, 0.3) is 5.91 Å². The Kier molecular flexibility index (Phi) is 4.39. The van der Waals surface area contributed by atoms with Crippen LogP contribution in [0.3, 0.4) is 0 Å². The summed E-state index contributed by atoms with van der Waals surface area (Å²) in [7, 11) is 0. The Hall–Kier alpha value is -2.43. The summed E-state index contributed by atoms with van der Waals surface area (Å²) in [6, 6.07) is 9.06. The van der Waals surface area contributed by atoms with Crippen LogP contribution in [-0.4, -0.2) is 61.8 Å². The van der Waals surface area contributed by atoms with Crippen LogP contribution >= 0.6 is 0 Å². The molecule has 7 heteroatoms. The van der Waals surface area contributed by atoms with Crippen LogP contribution in [-0.2, 0) is 19.1 Å². The Morgan fingerprint density at radius 2 is 2.15 bits per heavy atom. The Morgan fingerprint density at radius 3 is 2.92 bits per heavy atom. The monoisotopic (exact) mass is 355 g/mol. The van der Waals surface area contributed by atoms with Gasteiger partial charge in [-0.3, -0.25) is 9.59 Å². The molecule has 0 unspecified atom stereocenters. The zero-order valence-electron chi connectivity index (χ0n) is 14.5. The van der Waals surface area contributed by atoms with Crippen molar-refractivity contribution in [1.29, 1.82) is 5.26 Å². The molecule has 0 bridgehead atoms. The second-order valence-corrected chi connectivity index (χ2v) is 7.20. The molecular weight excluding hydrogens is 334 g/mol. The van der Waals surface area contributed by atoms with Crippen molar-refractivity contribution in [2.45, 2.75) is 18.4 Å². The van der Waals surface area contributed by atoms with Crippen LogP contribution in [0.1, 0.15) is 18.4 Å². The first kappa shape index (κ1) is 17.0. The second-order valence-electron chi connectivity index (χ2n) is 7.20. The fourth-order valence-corrected chi connectivity index (χ4v) is 3.56. The van der Waals surface area contributed by atoms with E-state index >= 15 is 0 Å². The van der Waals surface area contributed by atoms with Crippen LogP contribution < -0.4 is 4.90 Å². The molecule has 1 spiro atoms. The highest BCUT2D eigenvalue weighted by atomic mass is 16.6. The summed E-state index contributed by atoms with van der Waals surface area (Å²) in [4.78, 5) is 28.4. The molecule has 1 aliphatic carbocycles. The van der Waals surface area contributed by atoms with Crippen LogP contribution in [0, 0.1) is 17.2 Å². The SMILES string of the molecule is N#Cc1cccc(N2C[C@@]3(COCCN(C(=O)C4CC4)C3)OCC2=O)c1. The summed E-state index contributed by atoms with van der Waals surface area (Å²) < 4.78 is 11.6. The fourth-order valence-electron chi connectivity index (χ4n) is 3.56. The maximum atomic E-state index is 12.5. The van der Waals surface area contributed by atoms with Crippen molar-refractivity contribution >= 4 is 17.5 Å². The summed E-state index contributed by atoms with van der Waals surface area (Å²) in [5.41, 5.74) is 0.428. The molecule has 7 nitrogen and oxygen atoms in total. The van der Waals surface area contributed by atoms with Gasteiger partial charge in [0.15, 0.2) is 0 Å². The Bertz CT molecular complexity index is 770. The molecule has 2 saturated heterocycles. The van der Waals surface area contributed by atoms with Gasteiger partial charge in [0.1, 0.15) is 12.2 Å². The van der Waals surface area contributed by atoms with E-state index in [4.69, 9.17) is 14.7 Å². The van der Waals surface area contributed by atoms with E-state index in [0.29, 0.717) is 44.1 Å². The number of carbonyl (C=O) groups is 2. The number of benzene rings is 1. The zero-order valence-corrected chi connectivity index (χ0v) is 14.5. The van der Waals surface area contributed by atoms with Gasteiger partial charge >= 0.3 is 0 Å². The first-order chi connectivity index (χ1) is 12.6. The zero-order chi connectivity index (χ0) is 18.1. The molecule has 4 rings (SSSR count). The number of ether oxygens (including phenoxy) is 2. The number of carbonyl (C=O) groups excluding carboxylic acids is 2. The highest BCUT2D eigenvalue weighted by Crippen LogP contribution is 2.33. The molecule has 0 radical (unpaired) electrons. The smallest absolute Gasteiger partial charge is 0.253 e. The average molecular weight is 355 g/mol. The molecule has 0 N–H and O–H groups in total. The first-order valence-electron chi connectivity index (χ1n) is 8.91. The number of hydrogen-bond acceptors (Lipinski definition) is 5. The van der Waals surface area contributed by atoms with Crippen LogP contribution in [0.15, 0.2) is 24.3 Å². The van der Waals surface area contributed by atoms with Gasteiger partial charge in [-0.2, -0.15) is 5.26 Å². The number of rotatable bonds is 2. The van der Waals surface area contributed by atoms with Gasteiger partial charge in [-0.25, -0.2) is 0 Å². The Balaban J connectivity index is 1.58. The predicted molar refractivity (Wildman–Crippen MR) is 92.3 cm³/mol. The highest BCUT2D eigenvalue weighted by molar-refractivity contribution is 5.95. The van der Waals surface area contributed by atoms with Gasteiger partial charge in [0.2, 0.25) is 5.91 Å². The summed E-state index contributed by atoms with van der Waals surface area (Å²) in [5.74, 6) is 0.141. The summed E-state index contributed by atoms with van der Waals surface area (Å²) in [5, 5.41) is 9.12. The summed E-state index contributed by atoms with van der Waals surface area (Å²) in [6.07, 6.45) is 1.91. The van der Waals surface area contributed by atoms with Gasteiger partial charge < -0.3 is 19.3 Å². The minimum absolute atomic E-state index is 0.0639. The van der Waals surface area contributed by atoms with Crippen molar-refractivity contribution in [2.75, 3.05) is 44.4 Å². The minimum Gasteiger partial charge on any atom is -0.376 e. The Morgan fingerprint density at radius 1 is 1.31 bits per heavy atom. The highest BCUT2D eigenvalue weighted by Gasteiger charge is 2.45.